The van der Waals surface area contributed by atoms with Crippen LogP contribution in [0.25, 0.3) is 11.1 Å². The van der Waals surface area contributed by atoms with Crippen LogP contribution in [0.3, 0.4) is 0 Å². The number of carbonyl (C=O) groups is 1. The quantitative estimate of drug-likeness (QED) is 0.809. The fourth-order valence-electron chi connectivity index (χ4n) is 4.12. The lowest BCUT2D eigenvalue weighted by Gasteiger charge is -2.29. The van der Waals surface area contributed by atoms with Crippen LogP contribution in [-0.4, -0.2) is 30.4 Å². The molecule has 6 nitrogen and oxygen atoms in total. The molecule has 0 saturated heterocycles. The fourth-order valence-corrected chi connectivity index (χ4v) is 4.12. The van der Waals surface area contributed by atoms with Crippen molar-refractivity contribution in [1.29, 1.82) is 5.26 Å². The Balaban J connectivity index is 1.89. The van der Waals surface area contributed by atoms with Gasteiger partial charge in [0.15, 0.2) is 11.5 Å². The zero-order chi connectivity index (χ0) is 20.4. The Hall–Kier alpha value is -3.33. The third kappa shape index (κ3) is 3.33. The molecule has 1 spiro atoms. The summed E-state index contributed by atoms with van der Waals surface area (Å²) in [5.74, 6) is 0.783. The number of aliphatic imine (C=N–C) groups is 1. The molecule has 1 amide bonds. The summed E-state index contributed by atoms with van der Waals surface area (Å²) in [6.07, 6.45) is 4.56. The summed E-state index contributed by atoms with van der Waals surface area (Å²) >= 11 is 0. The summed E-state index contributed by atoms with van der Waals surface area (Å²) in [5.41, 5.74) is 8.16. The number of hydrogen-bond donors (Lipinski definition) is 1. The highest BCUT2D eigenvalue weighted by Gasteiger charge is 2.49. The number of benzene rings is 2. The van der Waals surface area contributed by atoms with E-state index < -0.39 is 5.54 Å². The zero-order valence-electron chi connectivity index (χ0n) is 16.5. The average Bonchev–Trinajstić information content (AvgIpc) is 2.97. The SMILES string of the molecule is CN1C(=O)C2(CCCCCCOc3ccc(-c4cccc(C#N)c4)cc32)N=C1N. The summed E-state index contributed by atoms with van der Waals surface area (Å²) in [5, 5.41) is 9.24. The van der Waals surface area contributed by atoms with E-state index in [-0.39, 0.29) is 11.9 Å². The van der Waals surface area contributed by atoms with Gasteiger partial charge in [-0.1, -0.05) is 37.5 Å². The molecule has 0 aliphatic carbocycles. The van der Waals surface area contributed by atoms with E-state index in [0.29, 0.717) is 24.3 Å². The van der Waals surface area contributed by atoms with Gasteiger partial charge in [0.1, 0.15) is 5.75 Å². The van der Waals surface area contributed by atoms with E-state index in [1.54, 1.807) is 13.1 Å². The lowest BCUT2D eigenvalue weighted by Crippen LogP contribution is -2.40. The summed E-state index contributed by atoms with van der Waals surface area (Å²) < 4.78 is 6.07. The van der Waals surface area contributed by atoms with Crippen LogP contribution in [-0.2, 0) is 10.3 Å². The minimum Gasteiger partial charge on any atom is -0.493 e. The number of nitriles is 1. The fraction of sp³-hybridized carbons (Fsp3) is 0.348. The van der Waals surface area contributed by atoms with Crippen LogP contribution in [0.15, 0.2) is 47.5 Å². The number of guanidine groups is 1. The van der Waals surface area contributed by atoms with Gasteiger partial charge in [-0.3, -0.25) is 9.69 Å². The second kappa shape index (κ2) is 7.59. The molecular weight excluding hydrogens is 364 g/mol. The summed E-state index contributed by atoms with van der Waals surface area (Å²) in [6.45, 7) is 0.607. The molecule has 148 valence electrons. The second-order valence-electron chi connectivity index (χ2n) is 7.61. The van der Waals surface area contributed by atoms with Gasteiger partial charge >= 0.3 is 0 Å². The van der Waals surface area contributed by atoms with Crippen molar-refractivity contribution in [1.82, 2.24) is 4.90 Å². The maximum absolute atomic E-state index is 13.3. The van der Waals surface area contributed by atoms with E-state index in [4.69, 9.17) is 10.5 Å². The zero-order valence-corrected chi connectivity index (χ0v) is 16.5. The number of amides is 1. The van der Waals surface area contributed by atoms with Crippen molar-refractivity contribution in [2.24, 2.45) is 10.7 Å². The van der Waals surface area contributed by atoms with Crippen LogP contribution in [0, 0.1) is 11.3 Å². The van der Waals surface area contributed by atoms with E-state index >= 15 is 0 Å². The van der Waals surface area contributed by atoms with E-state index in [1.807, 2.05) is 36.4 Å². The number of carbonyl (C=O) groups excluding carboxylic acids is 1. The molecule has 2 N–H and O–H groups in total. The van der Waals surface area contributed by atoms with E-state index in [9.17, 15) is 10.1 Å². The smallest absolute Gasteiger partial charge is 0.261 e. The van der Waals surface area contributed by atoms with Gasteiger partial charge in [0.2, 0.25) is 0 Å². The first-order valence-electron chi connectivity index (χ1n) is 9.96. The van der Waals surface area contributed by atoms with Gasteiger partial charge in [0, 0.05) is 12.6 Å². The highest BCUT2D eigenvalue weighted by Crippen LogP contribution is 2.44. The maximum Gasteiger partial charge on any atom is 0.261 e. The third-order valence-electron chi connectivity index (χ3n) is 5.75. The lowest BCUT2D eigenvalue weighted by molar-refractivity contribution is -0.131. The largest absolute Gasteiger partial charge is 0.493 e. The molecular formula is C23H24N4O2. The molecule has 2 heterocycles. The molecule has 0 aromatic heterocycles. The molecule has 1 atom stereocenters. The molecule has 2 aromatic carbocycles. The number of nitrogens with two attached hydrogens (primary N) is 1. The topological polar surface area (TPSA) is 91.7 Å². The normalized spacial score (nSPS) is 21.9. The monoisotopic (exact) mass is 388 g/mol. The molecule has 0 radical (unpaired) electrons. The molecule has 2 aliphatic rings. The van der Waals surface area contributed by atoms with Crippen LogP contribution in [0.2, 0.25) is 0 Å². The van der Waals surface area contributed by atoms with E-state index in [2.05, 4.69) is 11.1 Å². The first-order valence-corrected chi connectivity index (χ1v) is 9.96. The Labute approximate surface area is 170 Å². The Morgan fingerprint density at radius 1 is 1.14 bits per heavy atom. The summed E-state index contributed by atoms with van der Waals surface area (Å²) in [4.78, 5) is 19.4. The van der Waals surface area contributed by atoms with Gasteiger partial charge < -0.3 is 10.5 Å². The van der Waals surface area contributed by atoms with Gasteiger partial charge in [-0.2, -0.15) is 5.26 Å². The predicted octanol–water partition coefficient (Wildman–Crippen LogP) is 3.55. The predicted molar refractivity (Wildman–Crippen MR) is 111 cm³/mol. The molecule has 0 bridgehead atoms. The molecule has 0 saturated carbocycles. The van der Waals surface area contributed by atoms with Gasteiger partial charge in [-0.05, 0) is 48.2 Å². The molecule has 0 fully saturated rings. The Kier molecular flexibility index (Phi) is 4.98. The van der Waals surface area contributed by atoms with Crippen molar-refractivity contribution >= 4 is 11.9 Å². The van der Waals surface area contributed by atoms with Gasteiger partial charge in [-0.25, -0.2) is 4.99 Å². The Bertz CT molecular complexity index is 1020. The van der Waals surface area contributed by atoms with Crippen molar-refractivity contribution in [3.05, 3.63) is 53.6 Å². The van der Waals surface area contributed by atoms with Gasteiger partial charge in [0.05, 0.1) is 18.2 Å². The van der Waals surface area contributed by atoms with Crippen LogP contribution >= 0.6 is 0 Å². The number of fused-ring (bicyclic) bond motifs is 2. The Morgan fingerprint density at radius 3 is 2.69 bits per heavy atom. The third-order valence-corrected chi connectivity index (χ3v) is 5.75. The van der Waals surface area contributed by atoms with E-state index in [0.717, 1.165) is 42.4 Å². The highest BCUT2D eigenvalue weighted by molar-refractivity contribution is 6.07. The minimum atomic E-state index is -1.06. The second-order valence-corrected chi connectivity index (χ2v) is 7.61. The maximum atomic E-state index is 13.3. The first kappa shape index (κ1) is 19.0. The van der Waals surface area contributed by atoms with Crippen molar-refractivity contribution in [2.75, 3.05) is 13.7 Å². The molecule has 2 aliphatic heterocycles. The van der Waals surface area contributed by atoms with Crippen molar-refractivity contribution in [3.63, 3.8) is 0 Å². The number of hydrogen-bond acceptors (Lipinski definition) is 5. The van der Waals surface area contributed by atoms with Crippen LogP contribution in [0.5, 0.6) is 5.75 Å². The van der Waals surface area contributed by atoms with Crippen LogP contribution in [0.4, 0.5) is 0 Å². The van der Waals surface area contributed by atoms with Crippen molar-refractivity contribution in [2.45, 2.75) is 37.6 Å². The van der Waals surface area contributed by atoms with Crippen molar-refractivity contribution in [3.8, 4) is 22.9 Å². The first-order chi connectivity index (χ1) is 14.0. The minimum absolute atomic E-state index is 0.122. The molecule has 1 unspecified atom stereocenters. The number of nitrogens with zero attached hydrogens (tertiary/aromatic N) is 3. The standard InChI is InChI=1S/C23H24N4O2/c1-27-21(28)23(26-22(27)25)11-4-2-3-5-12-29-20-10-9-18(14-19(20)23)17-8-6-7-16(13-17)15-24/h6-10,13-14H,2-5,11-12H2,1H3,(H2,25,26). The lowest BCUT2D eigenvalue weighted by atomic mass is 9.82. The molecule has 29 heavy (non-hydrogen) atoms. The van der Waals surface area contributed by atoms with Gasteiger partial charge in [0.25, 0.3) is 5.91 Å². The molecule has 4 rings (SSSR count). The van der Waals surface area contributed by atoms with E-state index in [1.165, 1.54) is 4.90 Å². The number of rotatable bonds is 1. The average molecular weight is 388 g/mol. The highest BCUT2D eigenvalue weighted by atomic mass is 16.5. The number of ether oxygens (including phenoxy) is 1. The molecule has 2 aromatic rings. The summed E-state index contributed by atoms with van der Waals surface area (Å²) in [6, 6.07) is 15.4. The van der Waals surface area contributed by atoms with Crippen LogP contribution < -0.4 is 10.5 Å². The molecule has 6 heteroatoms. The Morgan fingerprint density at radius 2 is 1.93 bits per heavy atom. The number of likely N-dealkylation sites (N-methyl/N-ethyl adjacent to an activating group) is 1. The van der Waals surface area contributed by atoms with Crippen molar-refractivity contribution < 1.29 is 9.53 Å². The summed E-state index contributed by atoms with van der Waals surface area (Å²) in [7, 11) is 1.66. The van der Waals surface area contributed by atoms with Crippen LogP contribution in [0.1, 0.15) is 43.2 Å². The van der Waals surface area contributed by atoms with Gasteiger partial charge in [-0.15, -0.1) is 0 Å².